The quantitative estimate of drug-likeness (QED) is 0.443. The van der Waals surface area contributed by atoms with Gasteiger partial charge in [0.15, 0.2) is 0 Å². The molecule has 2 saturated heterocycles. The van der Waals surface area contributed by atoms with E-state index in [1.165, 1.54) is 5.56 Å². The summed E-state index contributed by atoms with van der Waals surface area (Å²) in [6, 6.07) is 10.6. The predicted molar refractivity (Wildman–Crippen MR) is 158 cm³/mol. The maximum Gasteiger partial charge on any atom is 0.306 e. The molecule has 0 spiro atoms. The van der Waals surface area contributed by atoms with Crippen LogP contribution < -0.4 is 5.32 Å². The fraction of sp³-hybridized carbons (Fsp3) is 0.742. The molecule has 222 valence electrons. The van der Waals surface area contributed by atoms with Gasteiger partial charge in [0, 0.05) is 71.7 Å². The average molecular weight is 547 g/mol. The van der Waals surface area contributed by atoms with Crippen LogP contribution in [0.5, 0.6) is 0 Å². The second kappa shape index (κ2) is 17.0. The minimum atomic E-state index is -0.375. The second-order valence-corrected chi connectivity index (χ2v) is 12.6. The van der Waals surface area contributed by atoms with Crippen LogP contribution in [0.2, 0.25) is 0 Å². The fourth-order valence-electron chi connectivity index (χ4n) is 4.63. The number of hydrogen-bond acceptors (Lipinski definition) is 8. The zero-order valence-electron chi connectivity index (χ0n) is 25.5. The first-order valence-corrected chi connectivity index (χ1v) is 14.7. The summed E-state index contributed by atoms with van der Waals surface area (Å²) in [5, 5.41) is 3.31. The maximum atomic E-state index is 11.7. The second-order valence-electron chi connectivity index (χ2n) is 12.6. The number of esters is 2. The number of hydrogen-bond donors (Lipinski definition) is 1. The van der Waals surface area contributed by atoms with E-state index in [1.807, 2.05) is 41.5 Å². The van der Waals surface area contributed by atoms with Crippen molar-refractivity contribution in [2.45, 2.75) is 85.0 Å². The van der Waals surface area contributed by atoms with Gasteiger partial charge in [-0.15, -0.1) is 0 Å². The molecule has 0 unspecified atom stereocenters. The van der Waals surface area contributed by atoms with Gasteiger partial charge in [0.05, 0.1) is 0 Å². The van der Waals surface area contributed by atoms with Gasteiger partial charge in [0.2, 0.25) is 0 Å². The molecule has 0 amide bonds. The first kappa shape index (κ1) is 33.2. The monoisotopic (exact) mass is 546 g/mol. The highest BCUT2D eigenvalue weighted by atomic mass is 16.6. The number of benzene rings is 1. The highest BCUT2D eigenvalue weighted by molar-refractivity contribution is 5.70. The van der Waals surface area contributed by atoms with Crippen LogP contribution in [0.3, 0.4) is 0 Å². The van der Waals surface area contributed by atoms with E-state index in [2.05, 4.69) is 50.3 Å². The first-order valence-electron chi connectivity index (χ1n) is 14.7. The summed E-state index contributed by atoms with van der Waals surface area (Å²) in [6.07, 6.45) is 2.82. The van der Waals surface area contributed by atoms with Gasteiger partial charge in [0.25, 0.3) is 0 Å². The number of ether oxygens (including phenoxy) is 2. The van der Waals surface area contributed by atoms with Crippen LogP contribution in [0, 0.1) is 0 Å². The minimum absolute atomic E-state index is 0.0809. The summed E-state index contributed by atoms with van der Waals surface area (Å²) >= 11 is 0. The Hall–Kier alpha value is -2.00. The zero-order valence-corrected chi connectivity index (χ0v) is 25.5. The predicted octanol–water partition coefficient (Wildman–Crippen LogP) is 3.94. The molecule has 2 fully saturated rings. The summed E-state index contributed by atoms with van der Waals surface area (Å²) < 4.78 is 10.6. The van der Waals surface area contributed by atoms with Gasteiger partial charge in [-0.25, -0.2) is 0 Å². The minimum Gasteiger partial charge on any atom is -0.460 e. The molecule has 0 aromatic heterocycles. The molecular formula is C31H54N4O4. The summed E-state index contributed by atoms with van der Waals surface area (Å²) in [5.41, 5.74) is 0.651. The Kier molecular flexibility index (Phi) is 14.4. The van der Waals surface area contributed by atoms with Crippen LogP contribution in [-0.4, -0.2) is 103 Å². The van der Waals surface area contributed by atoms with Crippen LogP contribution in [0.1, 0.15) is 72.8 Å². The maximum absolute atomic E-state index is 11.7. The number of nitrogens with zero attached hydrogens (tertiary/aromatic N) is 3. The lowest BCUT2D eigenvalue weighted by Crippen LogP contribution is -2.46. The van der Waals surface area contributed by atoms with Crippen molar-refractivity contribution in [3.63, 3.8) is 0 Å². The Morgan fingerprint density at radius 1 is 0.692 bits per heavy atom. The highest BCUT2D eigenvalue weighted by Gasteiger charge is 2.19. The van der Waals surface area contributed by atoms with Crippen molar-refractivity contribution in [2.24, 2.45) is 0 Å². The summed E-state index contributed by atoms with van der Waals surface area (Å²) in [4.78, 5) is 30.5. The van der Waals surface area contributed by atoms with Crippen LogP contribution in [0.15, 0.2) is 30.3 Å². The van der Waals surface area contributed by atoms with E-state index < -0.39 is 0 Å². The molecule has 0 atom stereocenters. The average Bonchev–Trinajstić information content (AvgIpc) is 2.85. The van der Waals surface area contributed by atoms with Crippen molar-refractivity contribution in [2.75, 3.05) is 65.4 Å². The molecule has 0 bridgehead atoms. The molecule has 1 N–H and O–H groups in total. The molecule has 8 heteroatoms. The van der Waals surface area contributed by atoms with Gasteiger partial charge in [0.1, 0.15) is 11.2 Å². The molecule has 39 heavy (non-hydrogen) atoms. The van der Waals surface area contributed by atoms with Crippen molar-refractivity contribution in [3.05, 3.63) is 35.9 Å². The zero-order chi connectivity index (χ0) is 28.7. The van der Waals surface area contributed by atoms with E-state index in [9.17, 15) is 9.59 Å². The van der Waals surface area contributed by atoms with E-state index >= 15 is 0 Å². The summed E-state index contributed by atoms with van der Waals surface area (Å²) in [6.45, 7) is 23.1. The van der Waals surface area contributed by atoms with Crippen LogP contribution in [-0.2, 0) is 25.6 Å². The fourth-order valence-corrected chi connectivity index (χ4v) is 4.63. The number of rotatable bonds is 10. The smallest absolute Gasteiger partial charge is 0.306 e. The van der Waals surface area contributed by atoms with Crippen molar-refractivity contribution in [1.82, 2.24) is 20.0 Å². The Balaban J connectivity index is 0.000000293. The molecule has 1 aromatic carbocycles. The number of nitrogens with one attached hydrogen (secondary N) is 1. The van der Waals surface area contributed by atoms with E-state index in [0.717, 1.165) is 84.8 Å². The SMILES string of the molecule is CC(C)(C)OC(=O)CCCN1CCN(Cc2ccccc2)CC1.CC(C)(C)OC(=O)CCCN1CCNCC1. The molecule has 0 aliphatic carbocycles. The summed E-state index contributed by atoms with van der Waals surface area (Å²) in [7, 11) is 0. The summed E-state index contributed by atoms with van der Waals surface area (Å²) in [5.74, 6) is -0.164. The molecule has 0 radical (unpaired) electrons. The van der Waals surface area contributed by atoms with Crippen LogP contribution >= 0.6 is 0 Å². The molecule has 0 saturated carbocycles. The topological polar surface area (TPSA) is 74.4 Å². The van der Waals surface area contributed by atoms with Crippen molar-refractivity contribution in [3.8, 4) is 0 Å². The van der Waals surface area contributed by atoms with Crippen LogP contribution in [0.25, 0.3) is 0 Å². The lowest BCUT2D eigenvalue weighted by Gasteiger charge is -2.34. The number of carbonyl (C=O) groups is 2. The van der Waals surface area contributed by atoms with Gasteiger partial charge in [-0.2, -0.15) is 0 Å². The normalized spacial score (nSPS) is 17.7. The van der Waals surface area contributed by atoms with Crippen molar-refractivity contribution >= 4 is 11.9 Å². The lowest BCUT2D eigenvalue weighted by molar-refractivity contribution is -0.156. The van der Waals surface area contributed by atoms with Gasteiger partial charge < -0.3 is 24.6 Å². The third-order valence-corrected chi connectivity index (χ3v) is 6.47. The van der Waals surface area contributed by atoms with Crippen molar-refractivity contribution < 1.29 is 19.1 Å². The largest absolute Gasteiger partial charge is 0.460 e. The van der Waals surface area contributed by atoms with Gasteiger partial charge in [-0.05, 0) is 73.0 Å². The van der Waals surface area contributed by atoms with E-state index in [-0.39, 0.29) is 23.1 Å². The molecule has 2 aliphatic heterocycles. The van der Waals surface area contributed by atoms with Gasteiger partial charge in [-0.1, -0.05) is 30.3 Å². The number of piperazine rings is 2. The molecule has 2 heterocycles. The lowest BCUT2D eigenvalue weighted by atomic mass is 10.2. The van der Waals surface area contributed by atoms with Crippen molar-refractivity contribution in [1.29, 1.82) is 0 Å². The molecule has 2 aliphatic rings. The van der Waals surface area contributed by atoms with Gasteiger partial charge in [-0.3, -0.25) is 14.5 Å². The van der Waals surface area contributed by atoms with E-state index in [4.69, 9.17) is 9.47 Å². The number of carbonyl (C=O) groups excluding carboxylic acids is 2. The highest BCUT2D eigenvalue weighted by Crippen LogP contribution is 2.12. The Labute approximate surface area is 237 Å². The van der Waals surface area contributed by atoms with Gasteiger partial charge >= 0.3 is 11.9 Å². The Bertz CT molecular complexity index is 821. The first-order chi connectivity index (χ1) is 18.4. The standard InChI is InChI=1S/C19H30N2O2.C12H24N2O2/c1-19(2,3)23-18(22)10-7-11-20-12-14-21(15-13-20)16-17-8-5-4-6-9-17;1-12(2,3)16-11(15)5-4-8-14-9-6-13-7-10-14/h4-6,8-9H,7,10-16H2,1-3H3;13H,4-10H2,1-3H3. The molecule has 8 nitrogen and oxygen atoms in total. The molecular weight excluding hydrogens is 492 g/mol. The molecule has 3 rings (SSSR count). The third kappa shape index (κ3) is 16.6. The van der Waals surface area contributed by atoms with E-state index in [0.29, 0.717) is 12.8 Å². The molecule has 1 aromatic rings. The Morgan fingerprint density at radius 3 is 1.59 bits per heavy atom. The third-order valence-electron chi connectivity index (χ3n) is 6.47. The Morgan fingerprint density at radius 2 is 1.13 bits per heavy atom. The van der Waals surface area contributed by atoms with E-state index in [1.54, 1.807) is 0 Å². The van der Waals surface area contributed by atoms with Crippen LogP contribution in [0.4, 0.5) is 0 Å².